The van der Waals surface area contributed by atoms with Crippen LogP contribution in [0.1, 0.15) is 15.9 Å². The van der Waals surface area contributed by atoms with Gasteiger partial charge in [0.2, 0.25) is 0 Å². The molecular weight excluding hydrogens is 271 g/mol. The van der Waals surface area contributed by atoms with Gasteiger partial charge >= 0.3 is 5.97 Å². The molecule has 0 spiro atoms. The van der Waals surface area contributed by atoms with E-state index in [4.69, 9.17) is 5.11 Å². The van der Waals surface area contributed by atoms with Crippen molar-refractivity contribution in [3.05, 3.63) is 58.9 Å². The standard InChI is InChI=1S/C14H10F3NO2/c1-7-4-8(2-3-10(7)14(19)20)18-9-5-11(15)13(17)12(16)6-9/h2-6,18H,1H3,(H,19,20). The second kappa shape index (κ2) is 5.24. The maximum atomic E-state index is 13.1. The molecular formula is C14H10F3NO2. The third kappa shape index (κ3) is 2.74. The largest absolute Gasteiger partial charge is 0.478 e. The van der Waals surface area contributed by atoms with Gasteiger partial charge in [-0.05, 0) is 30.7 Å². The monoisotopic (exact) mass is 281 g/mol. The van der Waals surface area contributed by atoms with E-state index in [1.54, 1.807) is 6.92 Å². The highest BCUT2D eigenvalue weighted by Crippen LogP contribution is 2.23. The average Bonchev–Trinajstić information content (AvgIpc) is 2.35. The maximum Gasteiger partial charge on any atom is 0.335 e. The van der Waals surface area contributed by atoms with E-state index in [0.29, 0.717) is 11.3 Å². The highest BCUT2D eigenvalue weighted by atomic mass is 19.2. The molecule has 0 saturated carbocycles. The van der Waals surface area contributed by atoms with Crippen molar-refractivity contribution >= 4 is 17.3 Å². The molecule has 2 aromatic carbocycles. The van der Waals surface area contributed by atoms with Crippen molar-refractivity contribution in [2.45, 2.75) is 6.92 Å². The Kier molecular flexibility index (Phi) is 3.65. The van der Waals surface area contributed by atoms with Crippen molar-refractivity contribution in [2.75, 3.05) is 5.32 Å². The molecule has 0 aliphatic rings. The second-order valence-corrected chi connectivity index (χ2v) is 4.21. The second-order valence-electron chi connectivity index (χ2n) is 4.21. The fraction of sp³-hybridized carbons (Fsp3) is 0.0714. The molecule has 0 atom stereocenters. The Bertz CT molecular complexity index is 663. The Balaban J connectivity index is 2.31. The van der Waals surface area contributed by atoms with Gasteiger partial charge in [-0.2, -0.15) is 0 Å². The topological polar surface area (TPSA) is 49.3 Å². The number of benzene rings is 2. The van der Waals surface area contributed by atoms with Crippen molar-refractivity contribution in [1.82, 2.24) is 0 Å². The highest BCUT2D eigenvalue weighted by Gasteiger charge is 2.11. The molecule has 6 heteroatoms. The lowest BCUT2D eigenvalue weighted by molar-refractivity contribution is 0.0696. The molecule has 3 nitrogen and oxygen atoms in total. The van der Waals surface area contributed by atoms with Gasteiger partial charge in [0.05, 0.1) is 5.56 Å². The van der Waals surface area contributed by atoms with Crippen LogP contribution in [0, 0.1) is 24.4 Å². The summed E-state index contributed by atoms with van der Waals surface area (Å²) in [5, 5.41) is 11.6. The lowest BCUT2D eigenvalue weighted by Crippen LogP contribution is -2.01. The zero-order valence-corrected chi connectivity index (χ0v) is 10.4. The van der Waals surface area contributed by atoms with Crippen LogP contribution in [0.4, 0.5) is 24.5 Å². The number of aromatic carboxylic acids is 1. The molecule has 0 aliphatic heterocycles. The van der Waals surface area contributed by atoms with Gasteiger partial charge in [0.25, 0.3) is 0 Å². The maximum absolute atomic E-state index is 13.1. The summed E-state index contributed by atoms with van der Waals surface area (Å²) in [6.07, 6.45) is 0. The Morgan fingerprint density at radius 2 is 1.65 bits per heavy atom. The number of nitrogens with one attached hydrogen (secondary N) is 1. The normalized spacial score (nSPS) is 10.4. The summed E-state index contributed by atoms with van der Waals surface area (Å²) in [7, 11) is 0. The minimum absolute atomic E-state index is 0.0314. The Morgan fingerprint density at radius 3 is 2.15 bits per heavy atom. The summed E-state index contributed by atoms with van der Waals surface area (Å²) in [4.78, 5) is 10.9. The van der Waals surface area contributed by atoms with E-state index in [2.05, 4.69) is 5.32 Å². The number of carboxylic acid groups (broad SMARTS) is 1. The van der Waals surface area contributed by atoms with E-state index >= 15 is 0 Å². The van der Waals surface area contributed by atoms with Crippen molar-refractivity contribution in [1.29, 1.82) is 0 Å². The number of hydrogen-bond acceptors (Lipinski definition) is 2. The minimum Gasteiger partial charge on any atom is -0.478 e. The smallest absolute Gasteiger partial charge is 0.335 e. The lowest BCUT2D eigenvalue weighted by Gasteiger charge is -2.09. The summed E-state index contributed by atoms with van der Waals surface area (Å²) >= 11 is 0. The van der Waals surface area contributed by atoms with Gasteiger partial charge < -0.3 is 10.4 Å². The summed E-state index contributed by atoms with van der Waals surface area (Å²) in [5.41, 5.74) is 1.10. The fourth-order valence-electron chi connectivity index (χ4n) is 1.78. The lowest BCUT2D eigenvalue weighted by atomic mass is 10.1. The van der Waals surface area contributed by atoms with Crippen LogP contribution in [0.5, 0.6) is 0 Å². The minimum atomic E-state index is -1.53. The first-order valence-corrected chi connectivity index (χ1v) is 5.64. The number of rotatable bonds is 3. The predicted molar refractivity (Wildman–Crippen MR) is 67.7 cm³/mol. The number of carboxylic acids is 1. The summed E-state index contributed by atoms with van der Waals surface area (Å²) in [6.45, 7) is 1.60. The number of anilines is 2. The summed E-state index contributed by atoms with van der Waals surface area (Å²) in [5.74, 6) is -5.20. The number of carbonyl (C=O) groups is 1. The van der Waals surface area contributed by atoms with Gasteiger partial charge in [0, 0.05) is 23.5 Å². The first-order chi connectivity index (χ1) is 9.38. The SMILES string of the molecule is Cc1cc(Nc2cc(F)c(F)c(F)c2)ccc1C(=O)O. The van der Waals surface area contributed by atoms with Crippen LogP contribution in [-0.4, -0.2) is 11.1 Å². The molecule has 0 aliphatic carbocycles. The van der Waals surface area contributed by atoms with Crippen LogP contribution in [0.3, 0.4) is 0 Å². The van der Waals surface area contributed by atoms with Gasteiger partial charge in [-0.15, -0.1) is 0 Å². The molecule has 0 aromatic heterocycles. The number of hydrogen-bond donors (Lipinski definition) is 2. The van der Waals surface area contributed by atoms with Crippen LogP contribution in [0.2, 0.25) is 0 Å². The van der Waals surface area contributed by atoms with Gasteiger partial charge in [0.15, 0.2) is 17.5 Å². The molecule has 2 aromatic rings. The molecule has 0 amide bonds. The highest BCUT2D eigenvalue weighted by molar-refractivity contribution is 5.90. The van der Waals surface area contributed by atoms with E-state index < -0.39 is 23.4 Å². The number of aryl methyl sites for hydroxylation is 1. The van der Waals surface area contributed by atoms with Crippen molar-refractivity contribution < 1.29 is 23.1 Å². The van der Waals surface area contributed by atoms with E-state index in [9.17, 15) is 18.0 Å². The quantitative estimate of drug-likeness (QED) is 0.840. The predicted octanol–water partition coefficient (Wildman–Crippen LogP) is 3.85. The molecule has 0 heterocycles. The molecule has 0 bridgehead atoms. The van der Waals surface area contributed by atoms with Gasteiger partial charge in [0.1, 0.15) is 0 Å². The molecule has 0 unspecified atom stereocenters. The Morgan fingerprint density at radius 1 is 1.05 bits per heavy atom. The first-order valence-electron chi connectivity index (χ1n) is 5.64. The van der Waals surface area contributed by atoms with Crippen LogP contribution < -0.4 is 5.32 Å². The van der Waals surface area contributed by atoms with Crippen LogP contribution in [0.15, 0.2) is 30.3 Å². The molecule has 0 fully saturated rings. The summed E-state index contributed by atoms with van der Waals surface area (Å²) in [6, 6.07) is 5.98. The summed E-state index contributed by atoms with van der Waals surface area (Å²) < 4.78 is 38.9. The van der Waals surface area contributed by atoms with Crippen molar-refractivity contribution in [3.63, 3.8) is 0 Å². The van der Waals surface area contributed by atoms with E-state index in [0.717, 1.165) is 12.1 Å². The molecule has 2 N–H and O–H groups in total. The molecule has 0 saturated heterocycles. The Hall–Kier alpha value is -2.50. The van der Waals surface area contributed by atoms with Crippen LogP contribution in [-0.2, 0) is 0 Å². The van der Waals surface area contributed by atoms with Crippen LogP contribution in [0.25, 0.3) is 0 Å². The molecule has 104 valence electrons. The van der Waals surface area contributed by atoms with Crippen molar-refractivity contribution in [2.24, 2.45) is 0 Å². The van der Waals surface area contributed by atoms with E-state index in [1.165, 1.54) is 18.2 Å². The fourth-order valence-corrected chi connectivity index (χ4v) is 1.78. The molecule has 20 heavy (non-hydrogen) atoms. The van der Waals surface area contributed by atoms with Gasteiger partial charge in [-0.1, -0.05) is 0 Å². The Labute approximate surface area is 112 Å². The van der Waals surface area contributed by atoms with Crippen molar-refractivity contribution in [3.8, 4) is 0 Å². The van der Waals surface area contributed by atoms with E-state index in [1.807, 2.05) is 0 Å². The molecule has 2 rings (SSSR count). The van der Waals surface area contributed by atoms with Gasteiger partial charge in [-0.3, -0.25) is 0 Å². The zero-order valence-electron chi connectivity index (χ0n) is 10.4. The third-order valence-electron chi connectivity index (χ3n) is 2.73. The zero-order chi connectivity index (χ0) is 14.9. The molecule has 0 radical (unpaired) electrons. The van der Waals surface area contributed by atoms with E-state index in [-0.39, 0.29) is 11.3 Å². The third-order valence-corrected chi connectivity index (χ3v) is 2.73. The number of halogens is 3. The van der Waals surface area contributed by atoms with Gasteiger partial charge in [-0.25, -0.2) is 18.0 Å². The first kappa shape index (κ1) is 13.9. The average molecular weight is 281 g/mol. The van der Waals surface area contributed by atoms with Crippen LogP contribution >= 0.6 is 0 Å².